The topological polar surface area (TPSA) is 96.6 Å². The Hall–Kier alpha value is -2.45. The van der Waals surface area contributed by atoms with Gasteiger partial charge in [-0.25, -0.2) is 22.9 Å². The molecule has 0 radical (unpaired) electrons. The number of nitrogens with one attached hydrogen (secondary N) is 2. The lowest BCUT2D eigenvalue weighted by Crippen LogP contribution is -2.36. The van der Waals surface area contributed by atoms with Gasteiger partial charge in [0.25, 0.3) is 0 Å². The molecular weight excluding hydrogens is 355 g/mol. The van der Waals surface area contributed by atoms with Crippen LogP contribution < -0.4 is 15.8 Å². The average molecular weight is 378 g/mol. The van der Waals surface area contributed by atoms with Crippen LogP contribution in [0, 0.1) is 12.7 Å². The van der Waals surface area contributed by atoms with E-state index < -0.39 is 10.0 Å². The number of nitrogens with zero attached hydrogens (tertiary/aromatic N) is 1. The van der Waals surface area contributed by atoms with E-state index in [9.17, 15) is 12.8 Å². The van der Waals surface area contributed by atoms with E-state index in [-0.39, 0.29) is 10.7 Å². The summed E-state index contributed by atoms with van der Waals surface area (Å²) >= 11 is 0. The van der Waals surface area contributed by atoms with Gasteiger partial charge in [0.2, 0.25) is 10.0 Å². The number of nitrogens with two attached hydrogens (primary N) is 1. The Kier molecular flexibility index (Phi) is 6.70. The first-order valence-corrected chi connectivity index (χ1v) is 9.73. The fraction of sp³-hybridized carbons (Fsp3) is 0.278. The van der Waals surface area contributed by atoms with E-state index in [1.807, 2.05) is 13.0 Å². The van der Waals surface area contributed by atoms with Crippen molar-refractivity contribution in [3.8, 4) is 0 Å². The van der Waals surface area contributed by atoms with Gasteiger partial charge in [-0.3, -0.25) is 0 Å². The van der Waals surface area contributed by atoms with Crippen LogP contribution in [0.3, 0.4) is 0 Å². The van der Waals surface area contributed by atoms with Gasteiger partial charge in [0.05, 0.1) is 11.4 Å². The largest absolute Gasteiger partial charge is 0.357 e. The van der Waals surface area contributed by atoms with E-state index in [1.165, 1.54) is 18.2 Å². The molecule has 140 valence electrons. The lowest BCUT2D eigenvalue weighted by atomic mass is 10.1. The second kappa shape index (κ2) is 8.77. The normalized spacial score (nSPS) is 12.1. The van der Waals surface area contributed by atoms with Crippen LogP contribution in [0.1, 0.15) is 23.6 Å². The molecule has 2 aromatic carbocycles. The van der Waals surface area contributed by atoms with Gasteiger partial charge in [0.15, 0.2) is 5.96 Å². The van der Waals surface area contributed by atoms with Crippen molar-refractivity contribution in [2.24, 2.45) is 10.1 Å². The summed E-state index contributed by atoms with van der Waals surface area (Å²) < 4.78 is 36.1. The number of primary sulfonamides is 1. The number of rotatable bonds is 6. The van der Waals surface area contributed by atoms with Crippen molar-refractivity contribution in [3.05, 3.63) is 65.0 Å². The van der Waals surface area contributed by atoms with Crippen molar-refractivity contribution in [2.75, 3.05) is 6.54 Å². The zero-order chi connectivity index (χ0) is 19.2. The monoisotopic (exact) mass is 378 g/mol. The molecule has 0 bridgehead atoms. The van der Waals surface area contributed by atoms with Gasteiger partial charge < -0.3 is 10.6 Å². The molecule has 8 heteroatoms. The van der Waals surface area contributed by atoms with Gasteiger partial charge in [0, 0.05) is 13.1 Å². The number of hydrogen-bond donors (Lipinski definition) is 3. The van der Waals surface area contributed by atoms with Crippen LogP contribution in [-0.4, -0.2) is 20.9 Å². The summed E-state index contributed by atoms with van der Waals surface area (Å²) in [5.74, 6) is 0.342. The molecule has 0 spiro atoms. The van der Waals surface area contributed by atoms with Crippen molar-refractivity contribution in [1.29, 1.82) is 0 Å². The SMILES string of the molecule is CCNC(=NCc1ccc(C)c(F)c1)NCc1ccc(S(N)(=O)=O)cc1. The predicted octanol–water partition coefficient (Wildman–Crippen LogP) is 2.04. The third kappa shape index (κ3) is 5.82. The van der Waals surface area contributed by atoms with Crippen LogP contribution in [0.15, 0.2) is 52.4 Å². The minimum atomic E-state index is -3.69. The van der Waals surface area contributed by atoms with Gasteiger partial charge >= 0.3 is 0 Å². The van der Waals surface area contributed by atoms with Crippen molar-refractivity contribution < 1.29 is 12.8 Å². The zero-order valence-corrected chi connectivity index (χ0v) is 15.6. The number of aliphatic imine (C=N–C) groups is 1. The second-order valence-corrected chi connectivity index (χ2v) is 7.38. The maximum absolute atomic E-state index is 13.6. The molecule has 4 N–H and O–H groups in total. The number of hydrogen-bond acceptors (Lipinski definition) is 3. The van der Waals surface area contributed by atoms with Gasteiger partial charge in [-0.05, 0) is 48.7 Å². The Labute approximate surface area is 153 Å². The molecule has 0 aliphatic rings. The maximum Gasteiger partial charge on any atom is 0.238 e. The van der Waals surface area contributed by atoms with E-state index in [2.05, 4.69) is 15.6 Å². The van der Waals surface area contributed by atoms with E-state index >= 15 is 0 Å². The van der Waals surface area contributed by atoms with Gasteiger partial charge in [-0.2, -0.15) is 0 Å². The number of benzene rings is 2. The first-order chi connectivity index (χ1) is 12.3. The van der Waals surface area contributed by atoms with Crippen LogP contribution in [0.5, 0.6) is 0 Å². The highest BCUT2D eigenvalue weighted by molar-refractivity contribution is 7.89. The van der Waals surface area contributed by atoms with Crippen LogP contribution in [0.4, 0.5) is 4.39 Å². The Bertz CT molecular complexity index is 881. The molecule has 0 aliphatic heterocycles. The van der Waals surface area contributed by atoms with Crippen LogP contribution in [-0.2, 0) is 23.1 Å². The standard InChI is InChI=1S/C18H23FN4O2S/c1-3-21-18(23-12-15-5-4-13(2)17(19)10-15)22-11-14-6-8-16(9-7-14)26(20,24)25/h4-10H,3,11-12H2,1-2H3,(H2,20,24,25)(H2,21,22,23). The Morgan fingerprint density at radius 3 is 2.35 bits per heavy atom. The summed E-state index contributed by atoms with van der Waals surface area (Å²) in [6.45, 7) is 5.15. The molecule has 0 heterocycles. The first-order valence-electron chi connectivity index (χ1n) is 8.18. The number of guanidine groups is 1. The summed E-state index contributed by atoms with van der Waals surface area (Å²) in [5.41, 5.74) is 2.26. The molecule has 0 unspecified atom stereocenters. The molecule has 0 aliphatic carbocycles. The number of sulfonamides is 1. The molecule has 0 amide bonds. The summed E-state index contributed by atoms with van der Waals surface area (Å²) in [6, 6.07) is 11.4. The van der Waals surface area contributed by atoms with Crippen LogP contribution in [0.25, 0.3) is 0 Å². The minimum Gasteiger partial charge on any atom is -0.357 e. The molecule has 26 heavy (non-hydrogen) atoms. The van der Waals surface area contributed by atoms with E-state index in [0.29, 0.717) is 31.2 Å². The molecular formula is C18H23FN4O2S. The molecule has 0 fully saturated rings. The van der Waals surface area contributed by atoms with Crippen molar-refractivity contribution in [2.45, 2.75) is 31.8 Å². The zero-order valence-electron chi connectivity index (χ0n) is 14.8. The molecule has 2 aromatic rings. The van der Waals surface area contributed by atoms with E-state index in [4.69, 9.17) is 5.14 Å². The van der Waals surface area contributed by atoms with Gasteiger partial charge in [-0.15, -0.1) is 0 Å². The lowest BCUT2D eigenvalue weighted by Gasteiger charge is -2.12. The molecule has 0 saturated carbocycles. The molecule has 0 aromatic heterocycles. The third-order valence-corrected chi connectivity index (χ3v) is 4.64. The number of halogens is 1. The Balaban J connectivity index is 2.01. The summed E-state index contributed by atoms with van der Waals surface area (Å²) in [4.78, 5) is 4.51. The molecule has 6 nitrogen and oxygen atoms in total. The van der Waals surface area contributed by atoms with E-state index in [0.717, 1.165) is 11.1 Å². The summed E-state index contributed by atoms with van der Waals surface area (Å²) in [5, 5.41) is 11.4. The second-order valence-electron chi connectivity index (χ2n) is 5.82. The highest BCUT2D eigenvalue weighted by Gasteiger charge is 2.07. The smallest absolute Gasteiger partial charge is 0.238 e. The quantitative estimate of drug-likeness (QED) is 0.529. The Morgan fingerprint density at radius 1 is 1.12 bits per heavy atom. The van der Waals surface area contributed by atoms with E-state index in [1.54, 1.807) is 25.1 Å². The highest BCUT2D eigenvalue weighted by Crippen LogP contribution is 2.10. The molecule has 0 atom stereocenters. The third-order valence-electron chi connectivity index (χ3n) is 3.71. The number of aryl methyl sites for hydroxylation is 1. The maximum atomic E-state index is 13.6. The minimum absolute atomic E-state index is 0.0724. The molecule has 0 saturated heterocycles. The highest BCUT2D eigenvalue weighted by atomic mass is 32.2. The summed E-state index contributed by atoms with van der Waals surface area (Å²) in [7, 11) is -3.69. The Morgan fingerprint density at radius 2 is 1.77 bits per heavy atom. The average Bonchev–Trinajstić information content (AvgIpc) is 2.60. The van der Waals surface area contributed by atoms with Crippen LogP contribution >= 0.6 is 0 Å². The van der Waals surface area contributed by atoms with Crippen molar-refractivity contribution in [3.63, 3.8) is 0 Å². The fourth-order valence-electron chi connectivity index (χ4n) is 2.23. The lowest BCUT2D eigenvalue weighted by molar-refractivity contribution is 0.597. The van der Waals surface area contributed by atoms with Gasteiger partial charge in [0.1, 0.15) is 5.82 Å². The van der Waals surface area contributed by atoms with Crippen molar-refractivity contribution in [1.82, 2.24) is 10.6 Å². The predicted molar refractivity (Wildman–Crippen MR) is 101 cm³/mol. The fourth-order valence-corrected chi connectivity index (χ4v) is 2.75. The summed E-state index contributed by atoms with van der Waals surface area (Å²) in [6.07, 6.45) is 0. The van der Waals surface area contributed by atoms with Gasteiger partial charge in [-0.1, -0.05) is 24.3 Å². The van der Waals surface area contributed by atoms with Crippen LogP contribution in [0.2, 0.25) is 0 Å². The first kappa shape index (κ1) is 19.9. The molecule has 2 rings (SSSR count). The van der Waals surface area contributed by atoms with Crippen molar-refractivity contribution >= 4 is 16.0 Å².